The lowest BCUT2D eigenvalue weighted by molar-refractivity contribution is 0.665. The number of hydrogen-bond donors (Lipinski definition) is 0. The molecule has 0 spiro atoms. The average molecular weight is 724 g/mol. The van der Waals surface area contributed by atoms with Crippen LogP contribution in [-0.2, 0) is 5.41 Å². The predicted molar refractivity (Wildman–Crippen MR) is 223 cm³/mol. The SMILES string of the molecule is CC1(C)c2ccccc2-c2c3c(c4c(c21)c1ccccc1n4-c1ccc(-c2nc(-c4ccccc4)nc(-c4ccc(C#N)cc4)n2)cc1)SC1C=CC=CC31. The first-order valence-electron chi connectivity index (χ1n) is 18.7. The maximum atomic E-state index is 9.39. The summed E-state index contributed by atoms with van der Waals surface area (Å²) in [6.07, 6.45) is 9.23. The first kappa shape index (κ1) is 31.9. The Morgan fingerprint density at radius 3 is 2.02 bits per heavy atom. The van der Waals surface area contributed by atoms with Crippen LogP contribution in [0.25, 0.3) is 72.8 Å². The molecule has 5 nitrogen and oxygen atoms in total. The zero-order valence-electron chi connectivity index (χ0n) is 30.2. The van der Waals surface area contributed by atoms with Gasteiger partial charge < -0.3 is 4.57 Å². The second-order valence-electron chi connectivity index (χ2n) is 15.0. The molecule has 6 aromatic carbocycles. The van der Waals surface area contributed by atoms with E-state index < -0.39 is 0 Å². The highest BCUT2D eigenvalue weighted by molar-refractivity contribution is 8.00. The van der Waals surface area contributed by atoms with E-state index in [1.807, 2.05) is 54.2 Å². The minimum atomic E-state index is -0.170. The summed E-state index contributed by atoms with van der Waals surface area (Å²) in [7, 11) is 0. The molecule has 2 aliphatic carbocycles. The number of nitrogens with zero attached hydrogens (tertiary/aromatic N) is 5. The van der Waals surface area contributed by atoms with Crippen molar-refractivity contribution in [3.05, 3.63) is 174 Å². The minimum absolute atomic E-state index is 0.170. The number of para-hydroxylation sites is 1. The van der Waals surface area contributed by atoms with Crippen LogP contribution in [0.15, 0.2) is 157 Å². The highest BCUT2D eigenvalue weighted by Crippen LogP contribution is 2.62. The van der Waals surface area contributed by atoms with Gasteiger partial charge in [0.15, 0.2) is 17.5 Å². The van der Waals surface area contributed by atoms with Gasteiger partial charge in [-0.2, -0.15) is 5.26 Å². The summed E-state index contributed by atoms with van der Waals surface area (Å²) in [5.74, 6) is 2.07. The summed E-state index contributed by atoms with van der Waals surface area (Å²) >= 11 is 2.01. The van der Waals surface area contributed by atoms with Gasteiger partial charge in [0.2, 0.25) is 0 Å². The van der Waals surface area contributed by atoms with Crippen LogP contribution in [0.4, 0.5) is 0 Å². The maximum Gasteiger partial charge on any atom is 0.164 e. The molecule has 0 fully saturated rings. The summed E-state index contributed by atoms with van der Waals surface area (Å²) in [5, 5.41) is 12.4. The first-order valence-corrected chi connectivity index (χ1v) is 19.6. The van der Waals surface area contributed by atoms with Gasteiger partial charge in [0.05, 0.1) is 22.7 Å². The molecule has 8 aromatic rings. The smallest absolute Gasteiger partial charge is 0.164 e. The number of rotatable bonds is 4. The van der Waals surface area contributed by atoms with Crippen molar-refractivity contribution in [3.8, 4) is 57.0 Å². The van der Waals surface area contributed by atoms with Crippen LogP contribution in [0.3, 0.4) is 0 Å². The van der Waals surface area contributed by atoms with Gasteiger partial charge in [0, 0.05) is 54.6 Å². The van der Waals surface area contributed by atoms with Gasteiger partial charge in [0.25, 0.3) is 0 Å². The largest absolute Gasteiger partial charge is 0.308 e. The number of fused-ring (bicyclic) bond motifs is 12. The highest BCUT2D eigenvalue weighted by Gasteiger charge is 2.45. The zero-order valence-corrected chi connectivity index (χ0v) is 31.0. The summed E-state index contributed by atoms with van der Waals surface area (Å²) in [4.78, 5) is 16.2. The molecule has 1 aliphatic heterocycles. The third kappa shape index (κ3) is 4.70. The molecular formula is C49H33N5S. The number of benzene rings is 6. The fourth-order valence-corrected chi connectivity index (χ4v) is 10.6. The van der Waals surface area contributed by atoms with Crippen molar-refractivity contribution < 1.29 is 0 Å². The van der Waals surface area contributed by atoms with E-state index in [4.69, 9.17) is 15.0 Å². The molecule has 6 heteroatoms. The predicted octanol–water partition coefficient (Wildman–Crippen LogP) is 11.8. The average Bonchev–Trinajstić information content (AvgIpc) is 3.87. The van der Waals surface area contributed by atoms with Crippen molar-refractivity contribution in [1.82, 2.24) is 19.5 Å². The Labute approximate surface area is 323 Å². The van der Waals surface area contributed by atoms with Gasteiger partial charge in [0.1, 0.15) is 0 Å². The third-order valence-electron chi connectivity index (χ3n) is 11.6. The molecule has 0 radical (unpaired) electrons. The van der Waals surface area contributed by atoms with E-state index in [-0.39, 0.29) is 5.41 Å². The molecule has 11 rings (SSSR count). The van der Waals surface area contributed by atoms with Crippen LogP contribution in [0.5, 0.6) is 0 Å². The molecule has 2 atom stereocenters. The van der Waals surface area contributed by atoms with Crippen LogP contribution in [0.1, 0.15) is 42.0 Å². The molecule has 0 saturated carbocycles. The summed E-state index contributed by atoms with van der Waals surface area (Å²) in [6.45, 7) is 4.82. The summed E-state index contributed by atoms with van der Waals surface area (Å²) < 4.78 is 2.50. The van der Waals surface area contributed by atoms with E-state index in [1.54, 1.807) is 12.1 Å². The van der Waals surface area contributed by atoms with E-state index in [9.17, 15) is 5.26 Å². The molecule has 55 heavy (non-hydrogen) atoms. The number of nitriles is 1. The van der Waals surface area contributed by atoms with Crippen molar-refractivity contribution in [3.63, 3.8) is 0 Å². The monoisotopic (exact) mass is 723 g/mol. The van der Waals surface area contributed by atoms with Gasteiger partial charge in [-0.05, 0) is 82.4 Å². The number of hydrogen-bond acceptors (Lipinski definition) is 5. The van der Waals surface area contributed by atoms with Crippen molar-refractivity contribution in [2.45, 2.75) is 35.3 Å². The van der Waals surface area contributed by atoms with Crippen LogP contribution in [0, 0.1) is 11.3 Å². The quantitative estimate of drug-likeness (QED) is 0.181. The van der Waals surface area contributed by atoms with Gasteiger partial charge in [-0.25, -0.2) is 15.0 Å². The van der Waals surface area contributed by atoms with Gasteiger partial charge in [-0.1, -0.05) is 111 Å². The molecule has 0 saturated heterocycles. The molecule has 3 aliphatic rings. The van der Waals surface area contributed by atoms with Crippen LogP contribution in [0.2, 0.25) is 0 Å². The van der Waals surface area contributed by atoms with Crippen molar-refractivity contribution in [2.24, 2.45) is 0 Å². The summed E-state index contributed by atoms with van der Waals surface area (Å²) in [5.41, 5.74) is 13.8. The molecule has 2 aromatic heterocycles. The first-order chi connectivity index (χ1) is 27.0. The van der Waals surface area contributed by atoms with Crippen LogP contribution in [-0.4, -0.2) is 24.8 Å². The second-order valence-corrected chi connectivity index (χ2v) is 16.2. The molecule has 2 unspecified atom stereocenters. The van der Waals surface area contributed by atoms with Gasteiger partial charge in [-0.3, -0.25) is 0 Å². The normalized spacial score (nSPS) is 17.2. The Morgan fingerprint density at radius 2 is 1.29 bits per heavy atom. The topological polar surface area (TPSA) is 67.4 Å². The van der Waals surface area contributed by atoms with Crippen molar-refractivity contribution >= 4 is 33.6 Å². The fourth-order valence-electron chi connectivity index (χ4n) is 9.10. The van der Waals surface area contributed by atoms with Crippen molar-refractivity contribution in [2.75, 3.05) is 0 Å². The Kier molecular flexibility index (Phi) is 6.95. The van der Waals surface area contributed by atoms with Crippen LogP contribution >= 0.6 is 11.8 Å². The van der Waals surface area contributed by atoms with E-state index in [2.05, 4.69) is 122 Å². The lowest BCUT2D eigenvalue weighted by atomic mass is 9.78. The molecule has 260 valence electrons. The molecular weight excluding hydrogens is 691 g/mol. The Balaban J connectivity index is 1.13. The Morgan fingerprint density at radius 1 is 0.673 bits per heavy atom. The Bertz CT molecular complexity index is 2980. The van der Waals surface area contributed by atoms with E-state index in [0.717, 1.165) is 22.4 Å². The van der Waals surface area contributed by atoms with Crippen molar-refractivity contribution in [1.29, 1.82) is 5.26 Å². The lowest BCUT2D eigenvalue weighted by Crippen LogP contribution is -2.16. The fraction of sp³-hybridized carbons (Fsp3) is 0.102. The zero-order chi connectivity index (χ0) is 36.8. The van der Waals surface area contributed by atoms with Crippen LogP contribution < -0.4 is 0 Å². The minimum Gasteiger partial charge on any atom is -0.308 e. The maximum absolute atomic E-state index is 9.39. The number of aromatic nitrogens is 4. The van der Waals surface area contributed by atoms with Gasteiger partial charge >= 0.3 is 0 Å². The molecule has 0 amide bonds. The number of thioether (sulfide) groups is 1. The highest BCUT2D eigenvalue weighted by atomic mass is 32.2. The van der Waals surface area contributed by atoms with E-state index in [0.29, 0.717) is 34.2 Å². The standard InChI is InChI=1S/C49H33N5S/c1-49(2)37-17-9-6-14-34(37)40-41-36-16-8-11-19-39(36)55-45(41)44-42(43(40)49)35-15-7-10-18-38(35)54(44)33-26-24-32(25-27-33)48-52-46(30-12-4-3-5-13-30)51-47(53-48)31-22-20-29(28-50)21-23-31/h3-27,36,39H,1-2H3. The number of allylic oxidation sites excluding steroid dienone is 3. The third-order valence-corrected chi connectivity index (χ3v) is 13.0. The van der Waals surface area contributed by atoms with Gasteiger partial charge in [-0.15, -0.1) is 11.8 Å². The lowest BCUT2D eigenvalue weighted by Gasteiger charge is -2.24. The summed E-state index contributed by atoms with van der Waals surface area (Å²) in [6, 6.07) is 46.3. The molecule has 3 heterocycles. The Hall–Kier alpha value is -6.55. The molecule has 0 bridgehead atoms. The van der Waals surface area contributed by atoms with E-state index in [1.165, 1.54) is 54.5 Å². The van der Waals surface area contributed by atoms with E-state index >= 15 is 0 Å². The second kappa shape index (κ2) is 12.0. The molecule has 0 N–H and O–H groups in total.